The molecule has 1 atom stereocenters. The Labute approximate surface area is 134 Å². The number of morpholine rings is 1. The lowest BCUT2D eigenvalue weighted by atomic mass is 10.1. The topological polar surface area (TPSA) is 50.4 Å². The van der Waals surface area contributed by atoms with Crippen LogP contribution in [-0.2, 0) is 16.1 Å². The Morgan fingerprint density at radius 1 is 1.55 bits per heavy atom. The van der Waals surface area contributed by atoms with Gasteiger partial charge in [0.05, 0.1) is 13.2 Å². The molecule has 1 heterocycles. The molecule has 1 aliphatic rings. The quantitative estimate of drug-likeness (QED) is 0.862. The van der Waals surface area contributed by atoms with Gasteiger partial charge in [0.1, 0.15) is 0 Å². The minimum atomic E-state index is 0. The molecule has 0 bridgehead atoms. The summed E-state index contributed by atoms with van der Waals surface area (Å²) in [6.07, 6.45) is 0.468. The lowest BCUT2D eigenvalue weighted by Crippen LogP contribution is -2.44. The van der Waals surface area contributed by atoms with Crippen LogP contribution >= 0.6 is 28.3 Å². The molecule has 0 saturated carbocycles. The first-order valence-corrected chi connectivity index (χ1v) is 7.27. The third kappa shape index (κ3) is 5.40. The van der Waals surface area contributed by atoms with Crippen molar-refractivity contribution in [3.8, 4) is 0 Å². The molecule has 1 aliphatic heterocycles. The Hall–Kier alpha value is -0.620. The molecule has 2 N–H and O–H groups in total. The summed E-state index contributed by atoms with van der Waals surface area (Å²) in [7, 11) is 0. The van der Waals surface area contributed by atoms with Gasteiger partial charge < -0.3 is 15.4 Å². The van der Waals surface area contributed by atoms with E-state index in [0.717, 1.165) is 23.2 Å². The molecule has 1 aromatic rings. The fraction of sp³-hybridized carbons (Fsp3) is 0.500. The van der Waals surface area contributed by atoms with E-state index in [1.807, 2.05) is 19.1 Å². The van der Waals surface area contributed by atoms with Crippen molar-refractivity contribution >= 4 is 34.2 Å². The number of nitrogens with one attached hydrogen (secondary N) is 2. The third-order valence-electron chi connectivity index (χ3n) is 3.21. The van der Waals surface area contributed by atoms with Gasteiger partial charge in [0.15, 0.2) is 0 Å². The molecule has 2 rings (SSSR count). The number of halogens is 2. The zero-order valence-electron chi connectivity index (χ0n) is 11.4. The lowest BCUT2D eigenvalue weighted by molar-refractivity contribution is -0.122. The molecule has 1 saturated heterocycles. The summed E-state index contributed by atoms with van der Waals surface area (Å²) in [5.41, 5.74) is 2.32. The summed E-state index contributed by atoms with van der Waals surface area (Å²) >= 11 is 3.43. The van der Waals surface area contributed by atoms with E-state index in [4.69, 9.17) is 4.74 Å². The van der Waals surface area contributed by atoms with Crippen LogP contribution in [0.2, 0.25) is 0 Å². The summed E-state index contributed by atoms with van der Waals surface area (Å²) in [5.74, 6) is 0.0605. The number of aryl methyl sites for hydroxylation is 1. The first kappa shape index (κ1) is 17.4. The standard InChI is InChI=1S/C14H19BrN2O2.ClH/c1-10-6-12(15)3-2-11(10)8-17-14(18)7-13-9-19-5-4-16-13;/h2-3,6,13,16H,4-5,7-9H2,1H3,(H,17,18);1H. The molecule has 1 amide bonds. The molecule has 0 aliphatic carbocycles. The van der Waals surface area contributed by atoms with Crippen LogP contribution < -0.4 is 10.6 Å². The molecule has 1 aromatic carbocycles. The fourth-order valence-electron chi connectivity index (χ4n) is 2.10. The largest absolute Gasteiger partial charge is 0.378 e. The van der Waals surface area contributed by atoms with Crippen molar-refractivity contribution in [2.45, 2.75) is 25.9 Å². The van der Waals surface area contributed by atoms with Crippen LogP contribution in [-0.4, -0.2) is 31.7 Å². The van der Waals surface area contributed by atoms with Crippen molar-refractivity contribution in [3.05, 3.63) is 33.8 Å². The molecule has 1 fully saturated rings. The van der Waals surface area contributed by atoms with Crippen molar-refractivity contribution in [1.29, 1.82) is 0 Å². The highest BCUT2D eigenvalue weighted by molar-refractivity contribution is 9.10. The van der Waals surface area contributed by atoms with Crippen molar-refractivity contribution in [3.63, 3.8) is 0 Å². The van der Waals surface area contributed by atoms with E-state index in [2.05, 4.69) is 32.6 Å². The number of carbonyl (C=O) groups is 1. The van der Waals surface area contributed by atoms with Crippen LogP contribution in [0, 0.1) is 6.92 Å². The minimum Gasteiger partial charge on any atom is -0.378 e. The fourth-order valence-corrected chi connectivity index (χ4v) is 2.57. The van der Waals surface area contributed by atoms with Crippen LogP contribution in [0.1, 0.15) is 17.5 Å². The van der Waals surface area contributed by atoms with Gasteiger partial charge in [-0.1, -0.05) is 22.0 Å². The highest BCUT2D eigenvalue weighted by Crippen LogP contribution is 2.15. The zero-order chi connectivity index (χ0) is 13.7. The van der Waals surface area contributed by atoms with Crippen LogP contribution in [0.15, 0.2) is 22.7 Å². The molecular formula is C14H20BrClN2O2. The molecule has 4 nitrogen and oxygen atoms in total. The summed E-state index contributed by atoms with van der Waals surface area (Å²) in [5, 5.41) is 6.23. The van der Waals surface area contributed by atoms with Crippen molar-refractivity contribution in [2.75, 3.05) is 19.8 Å². The van der Waals surface area contributed by atoms with Gasteiger partial charge in [-0.15, -0.1) is 12.4 Å². The SMILES string of the molecule is Cc1cc(Br)ccc1CNC(=O)CC1COCCN1.Cl. The van der Waals surface area contributed by atoms with Gasteiger partial charge in [0.2, 0.25) is 5.91 Å². The van der Waals surface area contributed by atoms with Gasteiger partial charge in [-0.05, 0) is 30.2 Å². The van der Waals surface area contributed by atoms with E-state index < -0.39 is 0 Å². The van der Waals surface area contributed by atoms with Gasteiger partial charge in [-0.3, -0.25) is 4.79 Å². The summed E-state index contributed by atoms with van der Waals surface area (Å²) in [6.45, 7) is 4.79. The normalized spacial score (nSPS) is 18.2. The molecular weight excluding hydrogens is 344 g/mol. The summed E-state index contributed by atoms with van der Waals surface area (Å²) < 4.78 is 6.39. The summed E-state index contributed by atoms with van der Waals surface area (Å²) in [4.78, 5) is 11.8. The van der Waals surface area contributed by atoms with E-state index in [1.165, 1.54) is 5.56 Å². The zero-order valence-corrected chi connectivity index (χ0v) is 13.9. The van der Waals surface area contributed by atoms with Crippen LogP contribution in [0.5, 0.6) is 0 Å². The number of hydrogen-bond donors (Lipinski definition) is 2. The first-order valence-electron chi connectivity index (χ1n) is 6.48. The second-order valence-electron chi connectivity index (χ2n) is 4.78. The Morgan fingerprint density at radius 2 is 2.35 bits per heavy atom. The van der Waals surface area contributed by atoms with E-state index in [0.29, 0.717) is 19.6 Å². The molecule has 0 radical (unpaired) electrons. The maximum absolute atomic E-state index is 11.8. The third-order valence-corrected chi connectivity index (χ3v) is 3.70. The monoisotopic (exact) mass is 362 g/mol. The Morgan fingerprint density at radius 3 is 3.00 bits per heavy atom. The Balaban J connectivity index is 0.00000200. The molecule has 6 heteroatoms. The van der Waals surface area contributed by atoms with Gasteiger partial charge >= 0.3 is 0 Å². The first-order chi connectivity index (χ1) is 9.15. The van der Waals surface area contributed by atoms with Crippen LogP contribution in [0.3, 0.4) is 0 Å². The predicted molar refractivity (Wildman–Crippen MR) is 85.2 cm³/mol. The van der Waals surface area contributed by atoms with Crippen molar-refractivity contribution in [2.24, 2.45) is 0 Å². The Kier molecular flexibility index (Phi) is 7.51. The number of benzene rings is 1. The number of hydrogen-bond acceptors (Lipinski definition) is 3. The maximum Gasteiger partial charge on any atom is 0.221 e. The van der Waals surface area contributed by atoms with Crippen molar-refractivity contribution < 1.29 is 9.53 Å². The Bertz CT molecular complexity index is 451. The van der Waals surface area contributed by atoms with Crippen LogP contribution in [0.25, 0.3) is 0 Å². The second-order valence-corrected chi connectivity index (χ2v) is 5.69. The lowest BCUT2D eigenvalue weighted by Gasteiger charge is -2.23. The molecule has 0 spiro atoms. The summed E-state index contributed by atoms with van der Waals surface area (Å²) in [6, 6.07) is 6.21. The van der Waals surface area contributed by atoms with E-state index in [-0.39, 0.29) is 24.4 Å². The minimum absolute atomic E-state index is 0. The molecule has 20 heavy (non-hydrogen) atoms. The van der Waals surface area contributed by atoms with E-state index in [9.17, 15) is 4.79 Å². The molecule has 0 aromatic heterocycles. The van der Waals surface area contributed by atoms with Crippen LogP contribution in [0.4, 0.5) is 0 Å². The highest BCUT2D eigenvalue weighted by Gasteiger charge is 2.16. The van der Waals surface area contributed by atoms with Gasteiger partial charge in [-0.25, -0.2) is 0 Å². The number of carbonyl (C=O) groups excluding carboxylic acids is 1. The van der Waals surface area contributed by atoms with Crippen molar-refractivity contribution in [1.82, 2.24) is 10.6 Å². The predicted octanol–water partition coefficient (Wildman–Crippen LogP) is 2.17. The van der Waals surface area contributed by atoms with E-state index >= 15 is 0 Å². The number of ether oxygens (including phenoxy) is 1. The van der Waals surface area contributed by atoms with Gasteiger partial charge in [0, 0.05) is 30.0 Å². The maximum atomic E-state index is 11.8. The molecule has 1 unspecified atom stereocenters. The van der Waals surface area contributed by atoms with Gasteiger partial charge in [0.25, 0.3) is 0 Å². The average Bonchev–Trinajstić information content (AvgIpc) is 2.39. The smallest absolute Gasteiger partial charge is 0.221 e. The highest BCUT2D eigenvalue weighted by atomic mass is 79.9. The second kappa shape index (κ2) is 8.62. The number of amides is 1. The van der Waals surface area contributed by atoms with E-state index in [1.54, 1.807) is 0 Å². The van der Waals surface area contributed by atoms with Gasteiger partial charge in [-0.2, -0.15) is 0 Å². The molecule has 112 valence electrons. The number of rotatable bonds is 4. The average molecular weight is 364 g/mol.